The van der Waals surface area contributed by atoms with Gasteiger partial charge in [-0.25, -0.2) is 13.8 Å². The number of benzene rings is 2. The number of aliphatic hydroxyl groups is 1. The monoisotopic (exact) mass is 751 g/mol. The molecule has 16 heteroatoms. The van der Waals surface area contributed by atoms with Crippen LogP contribution in [0.4, 0.5) is 14.5 Å². The van der Waals surface area contributed by atoms with Gasteiger partial charge < -0.3 is 34.4 Å². The second-order valence-corrected chi connectivity index (χ2v) is 15.2. The van der Waals surface area contributed by atoms with Crippen molar-refractivity contribution in [1.29, 1.82) is 0 Å². The van der Waals surface area contributed by atoms with Gasteiger partial charge in [-0.3, -0.25) is 19.1 Å². The number of ether oxygens (including phenoxy) is 1. The van der Waals surface area contributed by atoms with Gasteiger partial charge in [0.2, 0.25) is 0 Å². The van der Waals surface area contributed by atoms with Crippen LogP contribution < -0.4 is 10.6 Å². The van der Waals surface area contributed by atoms with Crippen molar-refractivity contribution < 1.29 is 37.5 Å². The van der Waals surface area contributed by atoms with Crippen molar-refractivity contribution in [2.75, 3.05) is 52.8 Å². The average molecular weight is 752 g/mol. The highest BCUT2D eigenvalue weighted by molar-refractivity contribution is 6.34. The van der Waals surface area contributed by atoms with Gasteiger partial charge in [0, 0.05) is 79.6 Å². The number of carbonyl (C=O) groups is 3. The lowest BCUT2D eigenvalue weighted by Gasteiger charge is -2.33. The van der Waals surface area contributed by atoms with Crippen molar-refractivity contribution in [3.63, 3.8) is 0 Å². The van der Waals surface area contributed by atoms with E-state index in [2.05, 4.69) is 20.7 Å². The molecule has 3 fully saturated rings. The van der Waals surface area contributed by atoms with Crippen LogP contribution in [0.2, 0.25) is 5.02 Å². The Morgan fingerprint density at radius 3 is 2.40 bits per heavy atom. The second kappa shape index (κ2) is 13.9. The summed E-state index contributed by atoms with van der Waals surface area (Å²) < 4.78 is 39.5. The molecular weight excluding hydrogens is 710 g/mol. The van der Waals surface area contributed by atoms with E-state index in [0.29, 0.717) is 60.6 Å². The number of amides is 3. The highest BCUT2D eigenvalue weighted by atomic mass is 35.5. The maximum atomic E-state index is 15.5. The lowest BCUT2D eigenvalue weighted by atomic mass is 10.0. The van der Waals surface area contributed by atoms with E-state index in [0.717, 1.165) is 0 Å². The lowest BCUT2D eigenvalue weighted by Crippen LogP contribution is -2.53. The molecule has 2 aromatic heterocycles. The Balaban J connectivity index is 0.969. The number of hydrogen-bond acceptors (Lipinski definition) is 7. The van der Waals surface area contributed by atoms with E-state index >= 15 is 8.78 Å². The highest BCUT2D eigenvalue weighted by Gasteiger charge is 2.59. The Hall–Kier alpha value is -4.70. The van der Waals surface area contributed by atoms with Crippen molar-refractivity contribution in [3.8, 4) is 22.4 Å². The highest BCUT2D eigenvalue weighted by Crippen LogP contribution is 2.46. The van der Waals surface area contributed by atoms with Gasteiger partial charge in [0.05, 0.1) is 55.9 Å². The van der Waals surface area contributed by atoms with Crippen LogP contribution in [0.1, 0.15) is 33.1 Å². The molecule has 2 aromatic carbocycles. The van der Waals surface area contributed by atoms with Crippen LogP contribution in [0.5, 0.6) is 0 Å². The number of methoxy groups -OCH3 is 1. The first-order valence-electron chi connectivity index (χ1n) is 17.4. The number of carbonyl (C=O) groups excluding carboxylic acids is 3. The van der Waals surface area contributed by atoms with Crippen LogP contribution in [0.15, 0.2) is 42.7 Å². The summed E-state index contributed by atoms with van der Waals surface area (Å²) in [6.07, 6.45) is 2.75. The van der Waals surface area contributed by atoms with Gasteiger partial charge in [-0.1, -0.05) is 17.7 Å². The third kappa shape index (κ3) is 6.71. The molecule has 0 radical (unpaired) electrons. The molecule has 3 amide bonds. The zero-order valence-electron chi connectivity index (χ0n) is 30.1. The van der Waals surface area contributed by atoms with Gasteiger partial charge >= 0.3 is 0 Å². The minimum Gasteiger partial charge on any atom is -0.387 e. The van der Waals surface area contributed by atoms with Crippen molar-refractivity contribution in [1.82, 2.24) is 29.5 Å². The zero-order chi connectivity index (χ0) is 37.9. The second-order valence-electron chi connectivity index (χ2n) is 14.8. The topological polar surface area (TPSA) is 144 Å². The molecule has 3 aliphatic rings. The number of hydrogen-bond donors (Lipinski definition) is 3. The van der Waals surface area contributed by atoms with Gasteiger partial charge in [0.25, 0.3) is 17.7 Å². The average Bonchev–Trinajstić information content (AvgIpc) is 3.57. The Morgan fingerprint density at radius 2 is 1.74 bits per heavy atom. The number of nitrogens with zero attached hydrogens (tertiary/aromatic N) is 6. The number of likely N-dealkylation sites (tertiary alicyclic amines) is 2. The zero-order valence-corrected chi connectivity index (χ0v) is 30.8. The van der Waals surface area contributed by atoms with E-state index in [-0.39, 0.29) is 69.0 Å². The Morgan fingerprint density at radius 1 is 1.04 bits per heavy atom. The number of likely N-dealkylation sites (N-methyl/N-ethyl adjacent to an activating group) is 1. The number of halogens is 3. The van der Waals surface area contributed by atoms with Crippen molar-refractivity contribution >= 4 is 35.0 Å². The van der Waals surface area contributed by atoms with E-state index < -0.39 is 23.6 Å². The summed E-state index contributed by atoms with van der Waals surface area (Å²) >= 11 is 6.50. The van der Waals surface area contributed by atoms with Crippen LogP contribution in [0.3, 0.4) is 0 Å². The first kappa shape index (κ1) is 36.6. The van der Waals surface area contributed by atoms with Crippen LogP contribution in [0.25, 0.3) is 22.4 Å². The Bertz CT molecular complexity index is 2110. The fraction of sp³-hybridized carbons (Fsp3) is 0.432. The molecule has 4 heterocycles. The quantitative estimate of drug-likeness (QED) is 0.211. The molecule has 5 atom stereocenters. The molecule has 1 aliphatic carbocycles. The maximum absolute atomic E-state index is 15.5. The third-order valence-electron chi connectivity index (χ3n) is 11.0. The van der Waals surface area contributed by atoms with Gasteiger partial charge in [0.1, 0.15) is 12.6 Å². The van der Waals surface area contributed by atoms with E-state index in [1.165, 1.54) is 48.3 Å². The predicted molar refractivity (Wildman–Crippen MR) is 192 cm³/mol. The van der Waals surface area contributed by atoms with Crippen molar-refractivity contribution in [2.24, 2.45) is 18.9 Å². The summed E-state index contributed by atoms with van der Waals surface area (Å²) in [5, 5.41) is 20.2. The molecule has 7 rings (SSSR count). The number of rotatable bonds is 10. The number of fused-ring (bicyclic) bond motifs is 1. The normalized spacial score (nSPS) is 22.9. The SMILES string of the molecule is COCCn1ncc(-c2ccc(-c3cnc(C(=O)Nc4ccc(C(=O)NC5[C@H]6CN(C(=O)[C@@H]7C[C@@H](O)C[N+]7(C)C)C[C@@H]56)c(Cl)c4)n3C)c(F)c2F)c1C. The van der Waals surface area contributed by atoms with Crippen LogP contribution >= 0.6 is 11.6 Å². The number of anilines is 1. The van der Waals surface area contributed by atoms with Gasteiger partial charge in [0.15, 0.2) is 23.5 Å². The fourth-order valence-corrected chi connectivity index (χ4v) is 8.22. The molecule has 4 aromatic rings. The Labute approximate surface area is 310 Å². The van der Waals surface area contributed by atoms with E-state index in [1.807, 2.05) is 19.0 Å². The standard InChI is InChI=1S/C37H41ClF2N8O5/c1-19-25(14-42-47(19)10-11-53-5)22-8-9-24(32(40)31(22)39)29-15-41-34(45(29)2)36(51)43-20-6-7-23(28(38)12-20)35(50)44-33-26-16-46(17-27(26)33)37(52)30-13-21(49)18-48(30,3)4/h6-9,12,14-15,21,26-27,30,33,49H,10-11,13,16-18H2,1-5H3,(H-,43,44,50,51)/p+1/t21-,26-,27+,30+,33?/m1/s1. The molecule has 13 nitrogen and oxygen atoms in total. The summed E-state index contributed by atoms with van der Waals surface area (Å²) in [6.45, 7) is 4.32. The molecule has 3 N–H and O–H groups in total. The first-order chi connectivity index (χ1) is 25.2. The van der Waals surface area contributed by atoms with E-state index in [9.17, 15) is 19.5 Å². The maximum Gasteiger partial charge on any atom is 0.291 e. The number of aromatic nitrogens is 4. The van der Waals surface area contributed by atoms with Crippen molar-refractivity contribution in [3.05, 3.63) is 76.5 Å². The lowest BCUT2D eigenvalue weighted by molar-refractivity contribution is -0.894. The van der Waals surface area contributed by atoms with Crippen LogP contribution in [0, 0.1) is 30.4 Å². The molecule has 53 heavy (non-hydrogen) atoms. The van der Waals surface area contributed by atoms with Crippen LogP contribution in [-0.2, 0) is 23.1 Å². The minimum absolute atomic E-state index is 0.0515. The molecule has 2 saturated heterocycles. The fourth-order valence-electron chi connectivity index (χ4n) is 7.95. The molecular formula is C37H42ClF2N8O5+. The number of imidazole rings is 1. The third-order valence-corrected chi connectivity index (χ3v) is 11.3. The molecule has 1 unspecified atom stereocenters. The number of quaternary nitrogens is 1. The summed E-state index contributed by atoms with van der Waals surface area (Å²) in [5.41, 5.74) is 1.84. The number of piperidine rings is 1. The molecule has 2 aliphatic heterocycles. The summed E-state index contributed by atoms with van der Waals surface area (Å²) in [4.78, 5) is 45.6. The summed E-state index contributed by atoms with van der Waals surface area (Å²) in [6, 6.07) is 7.08. The number of aliphatic hydroxyl groups excluding tert-OH is 1. The largest absolute Gasteiger partial charge is 0.387 e. The molecule has 0 spiro atoms. The molecule has 0 bridgehead atoms. The minimum atomic E-state index is -1.09. The molecule has 1 saturated carbocycles. The van der Waals surface area contributed by atoms with Crippen LogP contribution in [-0.4, -0.2) is 117 Å². The van der Waals surface area contributed by atoms with E-state index in [4.69, 9.17) is 16.3 Å². The predicted octanol–water partition coefficient (Wildman–Crippen LogP) is 3.49. The summed E-state index contributed by atoms with van der Waals surface area (Å²) in [7, 11) is 7.02. The molecule has 280 valence electrons. The van der Waals surface area contributed by atoms with E-state index in [1.54, 1.807) is 24.8 Å². The summed E-state index contributed by atoms with van der Waals surface area (Å²) in [5.74, 6) is -2.80. The van der Waals surface area contributed by atoms with Gasteiger partial charge in [-0.05, 0) is 31.2 Å². The van der Waals surface area contributed by atoms with Crippen molar-refractivity contribution in [2.45, 2.75) is 38.1 Å². The first-order valence-corrected chi connectivity index (χ1v) is 17.8. The Kier molecular flexibility index (Phi) is 9.64. The number of nitrogens with one attached hydrogen (secondary N) is 2. The smallest absolute Gasteiger partial charge is 0.291 e. The van der Waals surface area contributed by atoms with Gasteiger partial charge in [-0.15, -0.1) is 0 Å². The van der Waals surface area contributed by atoms with Gasteiger partial charge in [-0.2, -0.15) is 5.10 Å².